The first-order valence-corrected chi connectivity index (χ1v) is 13.3. The number of pyridine rings is 2. The zero-order valence-corrected chi connectivity index (χ0v) is 21.8. The second kappa shape index (κ2) is 11.0. The molecule has 0 atom stereocenters. The van der Waals surface area contributed by atoms with Crippen molar-refractivity contribution < 1.29 is 9.18 Å². The van der Waals surface area contributed by atoms with Gasteiger partial charge in [0, 0.05) is 51.0 Å². The Morgan fingerprint density at radius 2 is 1.56 bits per heavy atom. The lowest BCUT2D eigenvalue weighted by Gasteiger charge is -2.22. The minimum Gasteiger partial charge on any atom is -0.339 e. The minimum absolute atomic E-state index is 0.169. The maximum Gasteiger partial charge on any atom is 0.323 e. The molecule has 0 bridgehead atoms. The summed E-state index contributed by atoms with van der Waals surface area (Å²) in [7, 11) is 0. The zero-order valence-electron chi connectivity index (χ0n) is 21.0. The smallest absolute Gasteiger partial charge is 0.323 e. The molecule has 0 spiro atoms. The molecule has 0 unspecified atom stereocenters. The van der Waals surface area contributed by atoms with Crippen LogP contribution in [0.4, 0.5) is 19.3 Å². The van der Waals surface area contributed by atoms with Crippen LogP contribution in [0.25, 0.3) is 11.1 Å². The summed E-state index contributed by atoms with van der Waals surface area (Å²) in [4.78, 5) is 29.8. The lowest BCUT2D eigenvalue weighted by molar-refractivity contribution is 0.212. The van der Waals surface area contributed by atoms with Crippen molar-refractivity contribution in [3.05, 3.63) is 126 Å². The summed E-state index contributed by atoms with van der Waals surface area (Å²) in [5.74, 6) is -0.268. The summed E-state index contributed by atoms with van der Waals surface area (Å²) >= 11 is 1.42. The molecule has 2 amide bonds. The number of anilines is 2. The van der Waals surface area contributed by atoms with Gasteiger partial charge in [-0.2, -0.15) is 0 Å². The molecule has 4 heterocycles. The van der Waals surface area contributed by atoms with Crippen molar-refractivity contribution in [2.45, 2.75) is 26.2 Å². The molecular formula is C30H25FN6OS. The molecule has 3 aromatic heterocycles. The van der Waals surface area contributed by atoms with Crippen LogP contribution in [0, 0.1) is 5.82 Å². The predicted molar refractivity (Wildman–Crippen MR) is 151 cm³/mol. The fraction of sp³-hybridized carbons (Fsp3) is 0.133. The molecule has 7 nitrogen and oxygen atoms in total. The molecule has 1 aliphatic heterocycles. The number of thiazole rings is 1. The SMILES string of the molecule is O=C(Nc1cnc(N(Cc2ccc(F)cc2)Cc2ccc(-c3cccnc3)cc2)s1)N1Cc2ccncc2C1. The van der Waals surface area contributed by atoms with Crippen LogP contribution < -0.4 is 10.2 Å². The number of aromatic nitrogens is 3. The average Bonchev–Trinajstić information content (AvgIpc) is 3.62. The number of carbonyl (C=O) groups excluding carboxylic acids is 1. The van der Waals surface area contributed by atoms with Crippen molar-refractivity contribution in [2.75, 3.05) is 10.2 Å². The van der Waals surface area contributed by atoms with Crippen LogP contribution in [-0.2, 0) is 26.2 Å². The fourth-order valence-electron chi connectivity index (χ4n) is 4.57. The topological polar surface area (TPSA) is 74.2 Å². The van der Waals surface area contributed by atoms with Crippen LogP contribution in [0.15, 0.2) is 97.7 Å². The highest BCUT2D eigenvalue weighted by atomic mass is 32.1. The Morgan fingerprint density at radius 3 is 2.28 bits per heavy atom. The first-order valence-electron chi connectivity index (χ1n) is 12.5. The molecule has 5 aromatic rings. The maximum atomic E-state index is 13.5. The number of nitrogens with zero attached hydrogens (tertiary/aromatic N) is 5. The van der Waals surface area contributed by atoms with E-state index < -0.39 is 0 Å². The lowest BCUT2D eigenvalue weighted by atomic mass is 10.1. The third-order valence-corrected chi connectivity index (χ3v) is 7.59. The average molecular weight is 537 g/mol. The van der Waals surface area contributed by atoms with E-state index >= 15 is 0 Å². The molecule has 0 radical (unpaired) electrons. The van der Waals surface area contributed by atoms with E-state index in [-0.39, 0.29) is 11.8 Å². The Hall–Kier alpha value is -4.63. The van der Waals surface area contributed by atoms with Gasteiger partial charge in [0.2, 0.25) is 0 Å². The van der Waals surface area contributed by atoms with E-state index in [0.29, 0.717) is 31.2 Å². The van der Waals surface area contributed by atoms with Crippen molar-refractivity contribution in [3.63, 3.8) is 0 Å². The Labute approximate surface area is 229 Å². The van der Waals surface area contributed by atoms with E-state index in [0.717, 1.165) is 38.5 Å². The number of hydrogen-bond acceptors (Lipinski definition) is 6. The van der Waals surface area contributed by atoms with Gasteiger partial charge in [-0.15, -0.1) is 0 Å². The van der Waals surface area contributed by atoms with Crippen molar-refractivity contribution in [1.82, 2.24) is 19.9 Å². The van der Waals surface area contributed by atoms with E-state index in [9.17, 15) is 9.18 Å². The van der Waals surface area contributed by atoms with Crippen LogP contribution in [0.5, 0.6) is 0 Å². The number of hydrogen-bond donors (Lipinski definition) is 1. The standard InChI is InChI=1S/C30H25FN6OS/c31-27-9-5-22(6-10-27)18-37(17-21-3-7-23(8-4-21)24-2-1-12-32-14-24)30-34-16-28(39-30)35-29(38)36-19-25-11-13-33-15-26(25)20-36/h1-16H,17-20H2,(H,35,38). The third kappa shape index (κ3) is 5.78. The van der Waals surface area contributed by atoms with Gasteiger partial charge in [-0.3, -0.25) is 15.3 Å². The summed E-state index contributed by atoms with van der Waals surface area (Å²) < 4.78 is 13.5. The summed E-state index contributed by atoms with van der Waals surface area (Å²) in [5.41, 5.74) is 6.41. The van der Waals surface area contributed by atoms with Gasteiger partial charge >= 0.3 is 6.03 Å². The second-order valence-corrected chi connectivity index (χ2v) is 10.4. The highest BCUT2D eigenvalue weighted by molar-refractivity contribution is 7.19. The highest BCUT2D eigenvalue weighted by Crippen LogP contribution is 2.31. The van der Waals surface area contributed by atoms with Gasteiger partial charge in [0.1, 0.15) is 10.8 Å². The van der Waals surface area contributed by atoms with Gasteiger partial charge in [0.25, 0.3) is 0 Å². The fourth-order valence-corrected chi connectivity index (χ4v) is 5.38. The number of halogens is 1. The van der Waals surface area contributed by atoms with Crippen LogP contribution in [0.1, 0.15) is 22.3 Å². The minimum atomic E-state index is -0.268. The number of urea groups is 1. The van der Waals surface area contributed by atoms with Crippen LogP contribution >= 0.6 is 11.3 Å². The molecule has 6 rings (SSSR count). The summed E-state index contributed by atoms with van der Waals surface area (Å²) in [5, 5.41) is 4.43. The normalized spacial score (nSPS) is 12.3. The molecule has 0 aliphatic carbocycles. The van der Waals surface area contributed by atoms with E-state index in [1.54, 1.807) is 35.6 Å². The Bertz CT molecular complexity index is 1550. The molecule has 0 saturated carbocycles. The number of nitrogens with one attached hydrogen (secondary N) is 1. The summed E-state index contributed by atoms with van der Waals surface area (Å²) in [6.07, 6.45) is 8.85. The van der Waals surface area contributed by atoms with Gasteiger partial charge in [-0.25, -0.2) is 14.2 Å². The predicted octanol–water partition coefficient (Wildman–Crippen LogP) is 6.49. The van der Waals surface area contributed by atoms with E-state index in [4.69, 9.17) is 0 Å². The molecule has 2 aromatic carbocycles. The Morgan fingerprint density at radius 1 is 0.846 bits per heavy atom. The number of carbonyl (C=O) groups is 1. The molecule has 194 valence electrons. The number of benzene rings is 2. The molecule has 9 heteroatoms. The molecule has 39 heavy (non-hydrogen) atoms. The quantitative estimate of drug-likeness (QED) is 0.257. The number of fused-ring (bicyclic) bond motifs is 1. The molecule has 0 saturated heterocycles. The number of amides is 2. The van der Waals surface area contributed by atoms with Gasteiger partial charge in [-0.1, -0.05) is 53.8 Å². The van der Waals surface area contributed by atoms with Crippen LogP contribution in [-0.4, -0.2) is 25.9 Å². The van der Waals surface area contributed by atoms with Crippen molar-refractivity contribution in [2.24, 2.45) is 0 Å². The second-order valence-electron chi connectivity index (χ2n) is 9.36. The molecule has 0 fully saturated rings. The van der Waals surface area contributed by atoms with E-state index in [1.165, 1.54) is 23.5 Å². The first-order chi connectivity index (χ1) is 19.1. The van der Waals surface area contributed by atoms with Gasteiger partial charge in [0.15, 0.2) is 5.13 Å². The Balaban J connectivity index is 1.19. The maximum absolute atomic E-state index is 13.5. The summed E-state index contributed by atoms with van der Waals surface area (Å²) in [6, 6.07) is 20.6. The van der Waals surface area contributed by atoms with Crippen molar-refractivity contribution in [1.29, 1.82) is 0 Å². The van der Waals surface area contributed by atoms with E-state index in [1.807, 2.05) is 30.6 Å². The third-order valence-electron chi connectivity index (χ3n) is 6.62. The Kier molecular flexibility index (Phi) is 6.97. The lowest BCUT2D eigenvalue weighted by Crippen LogP contribution is -2.29. The molecular weight excluding hydrogens is 511 g/mol. The molecule has 1 aliphatic rings. The van der Waals surface area contributed by atoms with Crippen molar-refractivity contribution in [3.8, 4) is 11.1 Å². The van der Waals surface area contributed by atoms with Gasteiger partial charge in [0.05, 0.1) is 6.20 Å². The van der Waals surface area contributed by atoms with Gasteiger partial charge < -0.3 is 9.80 Å². The summed E-state index contributed by atoms with van der Waals surface area (Å²) in [6.45, 7) is 2.23. The van der Waals surface area contributed by atoms with E-state index in [2.05, 4.69) is 49.4 Å². The van der Waals surface area contributed by atoms with Gasteiger partial charge in [-0.05, 0) is 57.6 Å². The largest absolute Gasteiger partial charge is 0.339 e. The van der Waals surface area contributed by atoms with Crippen LogP contribution in [0.2, 0.25) is 0 Å². The molecule has 1 N–H and O–H groups in total. The highest BCUT2D eigenvalue weighted by Gasteiger charge is 2.24. The van der Waals surface area contributed by atoms with Crippen LogP contribution in [0.3, 0.4) is 0 Å². The zero-order chi connectivity index (χ0) is 26.6. The first kappa shape index (κ1) is 24.7. The number of rotatable bonds is 7. The monoisotopic (exact) mass is 536 g/mol. The van der Waals surface area contributed by atoms with Crippen molar-refractivity contribution >= 4 is 27.5 Å².